The number of Topliss-reactive ketones (excluding diaryl/α,β-unsaturated/α-hetero) is 1. The van der Waals surface area contributed by atoms with Gasteiger partial charge in [-0.15, -0.1) is 0 Å². The van der Waals surface area contributed by atoms with Gasteiger partial charge in [-0.05, 0) is 30.0 Å². The summed E-state index contributed by atoms with van der Waals surface area (Å²) in [4.78, 5) is 34.6. The second-order valence-electron chi connectivity index (χ2n) is 6.75. The highest BCUT2D eigenvalue weighted by atomic mass is 16.5. The molecule has 7 nitrogen and oxygen atoms in total. The molecule has 0 bridgehead atoms. The molecule has 0 aliphatic rings. The number of hydrogen-bond donors (Lipinski definition) is 3. The summed E-state index contributed by atoms with van der Waals surface area (Å²) in [5, 5.41) is 11.5. The fourth-order valence-corrected chi connectivity index (χ4v) is 2.70. The molecule has 0 aliphatic heterocycles. The number of benzene rings is 2. The largest absolute Gasteiger partial charge is 0.477 e. The molecule has 0 aliphatic carbocycles. The summed E-state index contributed by atoms with van der Waals surface area (Å²) >= 11 is 0. The van der Waals surface area contributed by atoms with E-state index in [2.05, 4.69) is 5.32 Å². The number of alkyl carbamates (subject to hydrolysis) is 1. The molecule has 0 fully saturated rings. The van der Waals surface area contributed by atoms with E-state index in [1.54, 1.807) is 24.3 Å². The number of carbonyl (C=O) groups is 3. The lowest BCUT2D eigenvalue weighted by Crippen LogP contribution is -2.25. The van der Waals surface area contributed by atoms with E-state index < -0.39 is 12.1 Å². The highest BCUT2D eigenvalue weighted by Gasteiger charge is 2.07. The second-order valence-corrected chi connectivity index (χ2v) is 6.75. The molecule has 30 heavy (non-hydrogen) atoms. The number of carboxylic acids is 1. The topological polar surface area (TPSA) is 119 Å². The zero-order chi connectivity index (χ0) is 21.8. The third-order valence-corrected chi connectivity index (χ3v) is 4.36. The smallest absolute Gasteiger partial charge is 0.407 e. The number of unbranched alkanes of at least 4 members (excludes halogenated alkanes) is 2. The normalized spacial score (nSPS) is 11.0. The van der Waals surface area contributed by atoms with Crippen molar-refractivity contribution in [3.63, 3.8) is 0 Å². The summed E-state index contributed by atoms with van der Waals surface area (Å²) in [5.41, 5.74) is 7.24. The number of hydrogen-bond acceptors (Lipinski definition) is 5. The van der Waals surface area contributed by atoms with Crippen molar-refractivity contribution < 1.29 is 24.2 Å². The van der Waals surface area contributed by atoms with Gasteiger partial charge in [-0.2, -0.15) is 0 Å². The lowest BCUT2D eigenvalue weighted by Gasteiger charge is -2.07. The van der Waals surface area contributed by atoms with Crippen LogP contribution in [0.4, 0.5) is 4.79 Å². The van der Waals surface area contributed by atoms with E-state index in [0.717, 1.165) is 18.4 Å². The van der Waals surface area contributed by atoms with Crippen LogP contribution in [-0.2, 0) is 16.1 Å². The standard InChI is InChI=1S/C23H26N2O5/c24-20(22(27)28)15-17-10-12-19(13-11-17)21(26)9-5-2-6-14-25-23(29)30-16-18-7-3-1-4-8-18/h1,3-4,7-8,10-13,15H,2,5-6,9,14,16,24H2,(H,25,29)(H,27,28). The van der Waals surface area contributed by atoms with Crippen molar-refractivity contribution in [2.45, 2.75) is 32.3 Å². The maximum Gasteiger partial charge on any atom is 0.407 e. The molecule has 0 atom stereocenters. The number of carbonyl (C=O) groups excluding carboxylic acids is 2. The Morgan fingerprint density at radius 3 is 2.33 bits per heavy atom. The van der Waals surface area contributed by atoms with Crippen LogP contribution in [0.2, 0.25) is 0 Å². The summed E-state index contributed by atoms with van der Waals surface area (Å²) in [5.74, 6) is -1.17. The average Bonchev–Trinajstić information content (AvgIpc) is 2.75. The van der Waals surface area contributed by atoms with Gasteiger partial charge >= 0.3 is 12.1 Å². The van der Waals surface area contributed by atoms with Gasteiger partial charge < -0.3 is 20.9 Å². The number of amides is 1. The van der Waals surface area contributed by atoms with E-state index in [9.17, 15) is 14.4 Å². The number of aliphatic carboxylic acids is 1. The first-order valence-corrected chi connectivity index (χ1v) is 9.74. The lowest BCUT2D eigenvalue weighted by atomic mass is 10.0. The van der Waals surface area contributed by atoms with Crippen molar-refractivity contribution in [2.24, 2.45) is 5.73 Å². The van der Waals surface area contributed by atoms with Crippen LogP contribution in [0, 0.1) is 0 Å². The first kappa shape index (κ1) is 22.7. The number of nitrogens with two attached hydrogens (primary N) is 1. The molecule has 0 aromatic heterocycles. The minimum absolute atomic E-state index is 0.0203. The van der Waals surface area contributed by atoms with Crippen molar-refractivity contribution in [1.82, 2.24) is 5.32 Å². The van der Waals surface area contributed by atoms with E-state index in [1.165, 1.54) is 6.08 Å². The van der Waals surface area contributed by atoms with E-state index in [4.69, 9.17) is 15.6 Å². The lowest BCUT2D eigenvalue weighted by molar-refractivity contribution is -0.132. The van der Waals surface area contributed by atoms with Gasteiger partial charge in [0.1, 0.15) is 12.3 Å². The van der Waals surface area contributed by atoms with Crippen molar-refractivity contribution >= 4 is 23.9 Å². The van der Waals surface area contributed by atoms with Crippen LogP contribution in [0.15, 0.2) is 60.3 Å². The van der Waals surface area contributed by atoms with Crippen LogP contribution in [0.25, 0.3) is 6.08 Å². The van der Waals surface area contributed by atoms with Gasteiger partial charge in [0.15, 0.2) is 5.78 Å². The SMILES string of the molecule is NC(=Cc1ccc(C(=O)CCCCCNC(=O)OCc2ccccc2)cc1)C(=O)O. The molecule has 2 aromatic rings. The van der Waals surface area contributed by atoms with Gasteiger partial charge in [0.05, 0.1) is 0 Å². The quantitative estimate of drug-likeness (QED) is 0.295. The molecule has 0 saturated heterocycles. The Morgan fingerprint density at radius 1 is 0.967 bits per heavy atom. The van der Waals surface area contributed by atoms with Gasteiger partial charge in [0.2, 0.25) is 0 Å². The first-order chi connectivity index (χ1) is 14.5. The highest BCUT2D eigenvalue weighted by molar-refractivity contribution is 5.96. The molecular weight excluding hydrogens is 384 g/mol. The van der Waals surface area contributed by atoms with Gasteiger partial charge in [0, 0.05) is 18.5 Å². The zero-order valence-corrected chi connectivity index (χ0v) is 16.7. The number of ketones is 1. The van der Waals surface area contributed by atoms with Crippen LogP contribution in [0.1, 0.15) is 47.2 Å². The Morgan fingerprint density at radius 2 is 1.67 bits per heavy atom. The summed E-state index contributed by atoms with van der Waals surface area (Å²) in [7, 11) is 0. The Hall–Kier alpha value is -3.61. The van der Waals surface area contributed by atoms with Crippen LogP contribution >= 0.6 is 0 Å². The molecular formula is C23H26N2O5. The monoisotopic (exact) mass is 410 g/mol. The zero-order valence-electron chi connectivity index (χ0n) is 16.7. The van der Waals surface area contributed by atoms with Gasteiger partial charge in [-0.3, -0.25) is 4.79 Å². The van der Waals surface area contributed by atoms with E-state index in [-0.39, 0.29) is 18.1 Å². The first-order valence-electron chi connectivity index (χ1n) is 9.74. The number of carboxylic acid groups (broad SMARTS) is 1. The highest BCUT2D eigenvalue weighted by Crippen LogP contribution is 2.12. The minimum atomic E-state index is -1.19. The minimum Gasteiger partial charge on any atom is -0.477 e. The Balaban J connectivity index is 1.60. The van der Waals surface area contributed by atoms with E-state index in [0.29, 0.717) is 30.5 Å². The van der Waals surface area contributed by atoms with Crippen LogP contribution in [0.5, 0.6) is 0 Å². The third-order valence-electron chi connectivity index (χ3n) is 4.36. The number of nitrogens with one attached hydrogen (secondary N) is 1. The van der Waals surface area contributed by atoms with Crippen molar-refractivity contribution in [1.29, 1.82) is 0 Å². The molecule has 0 unspecified atom stereocenters. The predicted molar refractivity (Wildman–Crippen MR) is 114 cm³/mol. The van der Waals surface area contributed by atoms with Crippen molar-refractivity contribution in [2.75, 3.05) is 6.54 Å². The molecule has 2 rings (SSSR count). The second kappa shape index (κ2) is 12.1. The van der Waals surface area contributed by atoms with E-state index in [1.807, 2.05) is 30.3 Å². The average molecular weight is 410 g/mol. The summed E-state index contributed by atoms with van der Waals surface area (Å²) in [6, 6.07) is 16.1. The third kappa shape index (κ3) is 8.18. The molecule has 0 spiro atoms. The van der Waals surface area contributed by atoms with Crippen molar-refractivity contribution in [3.05, 3.63) is 77.0 Å². The van der Waals surface area contributed by atoms with Gasteiger partial charge in [-0.1, -0.05) is 61.0 Å². The van der Waals surface area contributed by atoms with E-state index >= 15 is 0 Å². The Bertz CT molecular complexity index is 876. The molecule has 4 N–H and O–H groups in total. The summed E-state index contributed by atoms with van der Waals surface area (Å²) in [6.07, 6.45) is 3.58. The summed E-state index contributed by atoms with van der Waals surface area (Å²) < 4.78 is 5.13. The van der Waals surface area contributed by atoms with Crippen molar-refractivity contribution in [3.8, 4) is 0 Å². The molecule has 158 valence electrons. The van der Waals surface area contributed by atoms with Gasteiger partial charge in [-0.25, -0.2) is 9.59 Å². The molecule has 1 amide bonds. The molecule has 7 heteroatoms. The summed E-state index contributed by atoms with van der Waals surface area (Å²) in [6.45, 7) is 0.729. The van der Waals surface area contributed by atoms with Gasteiger partial charge in [0.25, 0.3) is 0 Å². The Kier molecular flexibility index (Phi) is 9.12. The maximum atomic E-state index is 12.2. The maximum absolute atomic E-state index is 12.2. The number of ether oxygens (including phenoxy) is 1. The van der Waals surface area contributed by atoms with Crippen LogP contribution in [-0.4, -0.2) is 29.5 Å². The predicted octanol–water partition coefficient (Wildman–Crippen LogP) is 3.74. The van der Waals surface area contributed by atoms with Crippen LogP contribution < -0.4 is 11.1 Å². The molecule has 0 heterocycles. The molecule has 2 aromatic carbocycles. The fourth-order valence-electron chi connectivity index (χ4n) is 2.70. The molecule has 0 radical (unpaired) electrons. The molecule has 0 saturated carbocycles. The number of rotatable bonds is 11. The van der Waals surface area contributed by atoms with Crippen LogP contribution in [0.3, 0.4) is 0 Å². The fraction of sp³-hybridized carbons (Fsp3) is 0.261. The Labute approximate surface area is 175 Å².